The van der Waals surface area contributed by atoms with Crippen molar-refractivity contribution in [1.82, 2.24) is 0 Å². The van der Waals surface area contributed by atoms with E-state index >= 15 is 0 Å². The molecule has 0 heterocycles. The molecular weight excluding hydrogens is 864 g/mol. The molecule has 0 radical (unpaired) electrons. The molecule has 10 rings (SSSR count). The van der Waals surface area contributed by atoms with Crippen molar-refractivity contribution >= 4 is 18.1 Å². The summed E-state index contributed by atoms with van der Waals surface area (Å²) in [5.41, 5.74) is 26.9. The number of hydrogen-bond acceptors (Lipinski definition) is 0. The molecule has 0 nitrogen and oxygen atoms in total. The first-order chi connectivity index (χ1) is 31.2. The standard InChI is InChI=1S/2C30H31.C2H7Si.Zr/c2*1-21-8-12-25(13-9-21)27-16-17-28(26-14-10-22(2)11-15-26)30-20-24(19-29(27)30)18-23-6-4-3-5-7-23;1-3-2;/h2*8-17,19-20,23H,3-7,18H2,1-2H3;3H,1-2H3;. The molecule has 6 aromatic rings. The van der Waals surface area contributed by atoms with Crippen molar-refractivity contribution in [3.63, 3.8) is 0 Å². The molecular formula is C62H69SiZr. The second kappa shape index (κ2) is 19.0. The van der Waals surface area contributed by atoms with Crippen molar-refractivity contribution < 1.29 is 20.9 Å². The predicted octanol–water partition coefficient (Wildman–Crippen LogP) is 17.7. The molecule has 4 aliphatic carbocycles. The Kier molecular flexibility index (Phi) is 13.0. The number of allylic oxidation sites excluding steroid dienone is 2. The van der Waals surface area contributed by atoms with Crippen molar-refractivity contribution in [2.75, 3.05) is 0 Å². The van der Waals surface area contributed by atoms with Crippen LogP contribution in [0.4, 0.5) is 0 Å². The van der Waals surface area contributed by atoms with Gasteiger partial charge in [0, 0.05) is 0 Å². The minimum atomic E-state index is -2.64. The third-order valence-electron chi connectivity index (χ3n) is 15.8. The van der Waals surface area contributed by atoms with Gasteiger partial charge in [-0.05, 0) is 0 Å². The first-order valence-corrected chi connectivity index (χ1v) is 35.1. The van der Waals surface area contributed by atoms with Crippen LogP contribution < -0.4 is 0 Å². The molecule has 64 heavy (non-hydrogen) atoms. The quantitative estimate of drug-likeness (QED) is 0.114. The van der Waals surface area contributed by atoms with Gasteiger partial charge >= 0.3 is 397 Å². The van der Waals surface area contributed by atoms with Gasteiger partial charge in [-0.3, -0.25) is 0 Å². The zero-order valence-electron chi connectivity index (χ0n) is 39.6. The van der Waals surface area contributed by atoms with Crippen molar-refractivity contribution in [2.45, 2.75) is 125 Å². The van der Waals surface area contributed by atoms with Crippen LogP contribution in [0, 0.1) is 39.5 Å². The van der Waals surface area contributed by atoms with Crippen molar-refractivity contribution in [3.05, 3.63) is 177 Å². The van der Waals surface area contributed by atoms with Crippen LogP contribution in [0.1, 0.15) is 129 Å². The molecule has 0 amide bonds. The van der Waals surface area contributed by atoms with E-state index in [-0.39, 0.29) is 0 Å². The number of aryl methyl sites for hydroxylation is 4. The molecule has 2 heteroatoms. The molecule has 6 aromatic carbocycles. The summed E-state index contributed by atoms with van der Waals surface area (Å²) in [5, 5.41) is 0. The summed E-state index contributed by atoms with van der Waals surface area (Å²) in [6.07, 6.45) is 22.2. The fourth-order valence-electron chi connectivity index (χ4n) is 12.5. The van der Waals surface area contributed by atoms with E-state index in [1.807, 2.05) is 11.1 Å². The Morgan fingerprint density at radius 2 is 0.688 bits per heavy atom. The van der Waals surface area contributed by atoms with E-state index in [0.717, 1.165) is 11.8 Å². The van der Waals surface area contributed by atoms with Gasteiger partial charge in [0.1, 0.15) is 0 Å². The van der Waals surface area contributed by atoms with Crippen LogP contribution in [0.3, 0.4) is 0 Å². The third-order valence-corrected chi connectivity index (χ3v) is 37.5. The Labute approximate surface area is 394 Å². The summed E-state index contributed by atoms with van der Waals surface area (Å²) in [4.78, 5) is 0. The van der Waals surface area contributed by atoms with Crippen LogP contribution in [-0.2, 0) is 20.9 Å². The van der Waals surface area contributed by atoms with Crippen LogP contribution in [0.2, 0.25) is 13.1 Å². The Morgan fingerprint density at radius 3 is 1.00 bits per heavy atom. The van der Waals surface area contributed by atoms with Crippen molar-refractivity contribution in [1.29, 1.82) is 0 Å². The molecule has 0 bridgehead atoms. The molecule has 2 atom stereocenters. The summed E-state index contributed by atoms with van der Waals surface area (Å²) >= 11 is -2.64. The summed E-state index contributed by atoms with van der Waals surface area (Å²) in [7, 11) is 0. The predicted molar refractivity (Wildman–Crippen MR) is 276 cm³/mol. The average Bonchev–Trinajstić information content (AvgIpc) is 3.86. The monoisotopic (exact) mass is 931 g/mol. The molecule has 2 saturated carbocycles. The summed E-state index contributed by atoms with van der Waals surface area (Å²) < 4.78 is 1.12. The molecule has 2 unspecified atom stereocenters. The molecule has 325 valence electrons. The van der Waals surface area contributed by atoms with Crippen LogP contribution in [-0.4, -0.2) is 5.92 Å². The normalized spacial score (nSPS) is 18.8. The van der Waals surface area contributed by atoms with Gasteiger partial charge in [0.2, 0.25) is 0 Å². The molecule has 0 aliphatic heterocycles. The van der Waals surface area contributed by atoms with E-state index in [4.69, 9.17) is 0 Å². The summed E-state index contributed by atoms with van der Waals surface area (Å²) in [6, 6.07) is 48.1. The second-order valence-electron chi connectivity index (χ2n) is 20.8. The zero-order chi connectivity index (χ0) is 43.9. The van der Waals surface area contributed by atoms with Crippen LogP contribution >= 0.6 is 0 Å². The average molecular weight is 934 g/mol. The van der Waals surface area contributed by atoms with Crippen LogP contribution in [0.25, 0.3) is 56.7 Å². The van der Waals surface area contributed by atoms with E-state index in [1.165, 1.54) is 144 Å². The molecule has 2 fully saturated rings. The topological polar surface area (TPSA) is 0 Å². The van der Waals surface area contributed by atoms with Crippen LogP contribution in [0.5, 0.6) is 0 Å². The van der Waals surface area contributed by atoms with Gasteiger partial charge in [0.25, 0.3) is 0 Å². The van der Waals surface area contributed by atoms with E-state index in [9.17, 15) is 0 Å². The van der Waals surface area contributed by atoms with Gasteiger partial charge in [-0.15, -0.1) is 0 Å². The Hall–Kier alpha value is -4.10. The number of hydrogen-bond donors (Lipinski definition) is 0. The summed E-state index contributed by atoms with van der Waals surface area (Å²) in [6.45, 7) is 14.6. The Bertz CT molecular complexity index is 2480. The summed E-state index contributed by atoms with van der Waals surface area (Å²) in [5.74, 6) is 0.371. The zero-order valence-corrected chi connectivity index (χ0v) is 43.2. The van der Waals surface area contributed by atoms with Crippen molar-refractivity contribution in [3.8, 4) is 44.5 Å². The second-order valence-corrected chi connectivity index (χ2v) is 40.9. The SMILES string of the molecule is Cc1ccc(-c2ccc(-c3ccc(C)cc3)c3c2C=C(CC2CCCCC2)[CH]3[Zr]([CH]2C(CC3CCCCC3)=Cc3c(-c4ccc(C)cc4)ccc(-c4ccc(C)cc4)c32)[SiH](C)C)cc1. The fraction of sp³-hybridized carbons (Fsp3) is 0.355. The van der Waals surface area contributed by atoms with Crippen molar-refractivity contribution in [2.24, 2.45) is 11.8 Å². The fourth-order valence-corrected chi connectivity index (χ4v) is 35.2. The molecule has 0 spiro atoms. The minimum absolute atomic E-state index is 0.562. The van der Waals surface area contributed by atoms with Gasteiger partial charge in [0.05, 0.1) is 0 Å². The Balaban J connectivity index is 1.24. The number of fused-ring (bicyclic) bond motifs is 2. The van der Waals surface area contributed by atoms with Crippen LogP contribution in [0.15, 0.2) is 132 Å². The number of rotatable bonds is 11. The molecule has 4 aliphatic rings. The number of benzene rings is 6. The molecule has 0 N–H and O–H groups in total. The Morgan fingerprint density at radius 1 is 0.391 bits per heavy atom. The van der Waals surface area contributed by atoms with E-state index < -0.39 is 26.8 Å². The van der Waals surface area contributed by atoms with Gasteiger partial charge in [-0.2, -0.15) is 0 Å². The van der Waals surface area contributed by atoms with Gasteiger partial charge in [-0.1, -0.05) is 0 Å². The van der Waals surface area contributed by atoms with E-state index in [2.05, 4.69) is 174 Å². The maximum absolute atomic E-state index is 2.82. The molecule has 0 aromatic heterocycles. The third kappa shape index (κ3) is 8.81. The molecule has 0 saturated heterocycles. The van der Waals surface area contributed by atoms with E-state index in [1.54, 1.807) is 22.3 Å². The van der Waals surface area contributed by atoms with Gasteiger partial charge in [-0.25, -0.2) is 0 Å². The maximum atomic E-state index is 2.82. The first kappa shape index (κ1) is 43.8. The first-order valence-electron chi connectivity index (χ1n) is 25.1. The van der Waals surface area contributed by atoms with Gasteiger partial charge < -0.3 is 0 Å². The van der Waals surface area contributed by atoms with Gasteiger partial charge in [0.15, 0.2) is 0 Å². The van der Waals surface area contributed by atoms with E-state index in [0.29, 0.717) is 7.25 Å².